The second-order valence-electron chi connectivity index (χ2n) is 9.75. The van der Waals surface area contributed by atoms with Crippen molar-refractivity contribution in [3.63, 3.8) is 0 Å². The number of benzene rings is 2. The number of nitrogens with zero attached hydrogens (tertiary/aromatic N) is 2. The summed E-state index contributed by atoms with van der Waals surface area (Å²) < 4.78 is 35.0. The highest BCUT2D eigenvalue weighted by Gasteiger charge is 2.34. The number of halogens is 1. The number of hydrogen-bond donors (Lipinski definition) is 1. The standard InChI is InChI=1S/C32H33IN2O11S/c1-6-42-22-14-19(9-10-21(22)45-16-26(38)41-5)28-27(31(40)44-8-3)17(4)34-32-35(28)30(39)24(47-32)13-18-11-20(33)29(46-15-25(36)37)23(12-18)43-7-2/h9-14,28H,6-8,15-16H2,1-5H3,(H,36,37)/b24-13-/t28-/m0/s1. The summed E-state index contributed by atoms with van der Waals surface area (Å²) in [6.45, 7) is 6.77. The average molecular weight is 781 g/mol. The van der Waals surface area contributed by atoms with E-state index in [1.165, 1.54) is 11.7 Å². The minimum absolute atomic E-state index is 0.115. The topological polar surface area (TPSA) is 161 Å². The van der Waals surface area contributed by atoms with E-state index in [0.717, 1.165) is 11.3 Å². The minimum atomic E-state index is -1.13. The van der Waals surface area contributed by atoms with Gasteiger partial charge in [-0.05, 0) is 91.8 Å². The summed E-state index contributed by atoms with van der Waals surface area (Å²) in [4.78, 5) is 55.3. The molecule has 1 N–H and O–H groups in total. The molecule has 1 aromatic heterocycles. The fourth-order valence-electron chi connectivity index (χ4n) is 4.74. The van der Waals surface area contributed by atoms with Crippen molar-refractivity contribution < 1.29 is 47.9 Å². The Morgan fingerprint density at radius 3 is 2.36 bits per heavy atom. The Kier molecular flexibility index (Phi) is 12.0. The Morgan fingerprint density at radius 2 is 1.70 bits per heavy atom. The molecule has 250 valence electrons. The number of rotatable bonds is 14. The highest BCUT2D eigenvalue weighted by molar-refractivity contribution is 14.1. The first-order chi connectivity index (χ1) is 22.5. The zero-order valence-corrected chi connectivity index (χ0v) is 29.3. The maximum absolute atomic E-state index is 14.1. The maximum Gasteiger partial charge on any atom is 0.343 e. The predicted molar refractivity (Wildman–Crippen MR) is 179 cm³/mol. The number of esters is 2. The van der Waals surface area contributed by atoms with Crippen LogP contribution in [0, 0.1) is 3.57 Å². The van der Waals surface area contributed by atoms with E-state index in [9.17, 15) is 19.2 Å². The number of carbonyl (C=O) groups is 3. The molecule has 1 atom stereocenters. The third-order valence-electron chi connectivity index (χ3n) is 6.64. The van der Waals surface area contributed by atoms with Gasteiger partial charge in [0.1, 0.15) is 0 Å². The summed E-state index contributed by atoms with van der Waals surface area (Å²) in [6.07, 6.45) is 1.67. The van der Waals surface area contributed by atoms with Crippen molar-refractivity contribution in [2.24, 2.45) is 4.99 Å². The number of carboxylic acids is 1. The van der Waals surface area contributed by atoms with Gasteiger partial charge < -0.3 is 33.5 Å². The molecular formula is C32H33IN2O11S. The highest BCUT2D eigenvalue weighted by Crippen LogP contribution is 2.37. The molecule has 15 heteroatoms. The lowest BCUT2D eigenvalue weighted by Crippen LogP contribution is -2.40. The Hall–Kier alpha value is -4.38. The SMILES string of the molecule is CCOC(=O)C1=C(C)N=c2s/c(=C\c3cc(I)c(OCC(=O)O)c(OCC)c3)c(=O)n2[C@H]1c1ccc(OCC(=O)OC)c(OCC)c1. The van der Waals surface area contributed by atoms with Crippen molar-refractivity contribution in [3.05, 3.63) is 76.0 Å². The Bertz CT molecular complexity index is 1900. The van der Waals surface area contributed by atoms with Crippen molar-refractivity contribution >= 4 is 57.9 Å². The van der Waals surface area contributed by atoms with E-state index in [4.69, 9.17) is 28.8 Å². The molecule has 0 radical (unpaired) electrons. The first kappa shape index (κ1) is 35.5. The van der Waals surface area contributed by atoms with Crippen LogP contribution in [0.2, 0.25) is 0 Å². The van der Waals surface area contributed by atoms with Crippen LogP contribution in [0.25, 0.3) is 6.08 Å². The lowest BCUT2D eigenvalue weighted by atomic mass is 9.95. The van der Waals surface area contributed by atoms with Crippen LogP contribution >= 0.6 is 33.9 Å². The quantitative estimate of drug-likeness (QED) is 0.189. The van der Waals surface area contributed by atoms with Gasteiger partial charge in [-0.15, -0.1) is 0 Å². The second-order valence-corrected chi connectivity index (χ2v) is 11.9. The van der Waals surface area contributed by atoms with Gasteiger partial charge in [-0.1, -0.05) is 17.4 Å². The summed E-state index contributed by atoms with van der Waals surface area (Å²) in [7, 11) is 1.25. The predicted octanol–water partition coefficient (Wildman–Crippen LogP) is 3.22. The van der Waals surface area contributed by atoms with Crippen molar-refractivity contribution in [3.8, 4) is 23.0 Å². The number of carboxylic acid groups (broad SMARTS) is 1. The number of carbonyl (C=O) groups excluding carboxylic acids is 2. The van der Waals surface area contributed by atoms with Crippen LogP contribution in [0.1, 0.15) is 44.9 Å². The summed E-state index contributed by atoms with van der Waals surface area (Å²) in [5.74, 6) is -1.12. The van der Waals surface area contributed by atoms with Crippen LogP contribution in [0.5, 0.6) is 23.0 Å². The van der Waals surface area contributed by atoms with Gasteiger partial charge in [0.2, 0.25) is 0 Å². The van der Waals surface area contributed by atoms with Gasteiger partial charge in [-0.3, -0.25) is 9.36 Å². The van der Waals surface area contributed by atoms with Crippen molar-refractivity contribution in [2.75, 3.05) is 40.1 Å². The van der Waals surface area contributed by atoms with Gasteiger partial charge in [-0.2, -0.15) is 0 Å². The number of fused-ring (bicyclic) bond motifs is 1. The molecule has 0 fully saturated rings. The Morgan fingerprint density at radius 1 is 0.979 bits per heavy atom. The number of thiazole rings is 1. The molecule has 3 aromatic rings. The van der Waals surface area contributed by atoms with E-state index >= 15 is 0 Å². The van der Waals surface area contributed by atoms with E-state index in [1.54, 1.807) is 64.1 Å². The molecule has 2 heterocycles. The molecule has 0 bridgehead atoms. The first-order valence-electron chi connectivity index (χ1n) is 14.5. The molecule has 4 rings (SSSR count). The van der Waals surface area contributed by atoms with Gasteiger partial charge in [0.05, 0.1) is 52.3 Å². The van der Waals surface area contributed by atoms with Crippen LogP contribution in [-0.2, 0) is 23.9 Å². The van der Waals surface area contributed by atoms with Crippen LogP contribution in [0.15, 0.2) is 51.4 Å². The van der Waals surface area contributed by atoms with Gasteiger partial charge in [0.15, 0.2) is 41.0 Å². The average Bonchev–Trinajstić information content (AvgIpc) is 3.32. The molecule has 0 spiro atoms. The molecule has 0 unspecified atom stereocenters. The van der Waals surface area contributed by atoms with Crippen molar-refractivity contribution in [1.29, 1.82) is 0 Å². The van der Waals surface area contributed by atoms with Gasteiger partial charge in [0.25, 0.3) is 5.56 Å². The highest BCUT2D eigenvalue weighted by atomic mass is 127. The molecule has 13 nitrogen and oxygen atoms in total. The number of aliphatic carboxylic acids is 1. The van der Waals surface area contributed by atoms with Crippen molar-refractivity contribution in [2.45, 2.75) is 33.7 Å². The maximum atomic E-state index is 14.1. The number of methoxy groups -OCH3 is 1. The lowest BCUT2D eigenvalue weighted by Gasteiger charge is -2.25. The number of aromatic nitrogens is 1. The molecule has 47 heavy (non-hydrogen) atoms. The van der Waals surface area contributed by atoms with Crippen LogP contribution < -0.4 is 33.8 Å². The monoisotopic (exact) mass is 780 g/mol. The van der Waals surface area contributed by atoms with E-state index in [1.807, 2.05) is 22.6 Å². The number of hydrogen-bond acceptors (Lipinski definition) is 12. The molecule has 2 aromatic carbocycles. The van der Waals surface area contributed by atoms with E-state index < -0.39 is 36.1 Å². The molecule has 0 saturated heterocycles. The Balaban J connectivity index is 1.88. The third kappa shape index (κ3) is 8.13. The zero-order chi connectivity index (χ0) is 34.2. The molecule has 0 aliphatic carbocycles. The molecular weight excluding hydrogens is 747 g/mol. The summed E-state index contributed by atoms with van der Waals surface area (Å²) in [5, 5.41) is 9.08. The molecule has 1 aliphatic rings. The van der Waals surface area contributed by atoms with E-state index in [0.29, 0.717) is 47.8 Å². The molecule has 0 amide bonds. The van der Waals surface area contributed by atoms with Crippen LogP contribution in [0.3, 0.4) is 0 Å². The fraction of sp³-hybridized carbons (Fsp3) is 0.344. The zero-order valence-electron chi connectivity index (χ0n) is 26.3. The number of allylic oxidation sites excluding steroid dienone is 1. The van der Waals surface area contributed by atoms with Crippen molar-refractivity contribution in [1.82, 2.24) is 4.57 Å². The number of ether oxygens (including phenoxy) is 6. The normalized spacial score (nSPS) is 14.2. The third-order valence-corrected chi connectivity index (χ3v) is 8.43. The fourth-order valence-corrected chi connectivity index (χ4v) is 6.57. The van der Waals surface area contributed by atoms with E-state index in [2.05, 4.69) is 9.73 Å². The Labute approximate surface area is 287 Å². The van der Waals surface area contributed by atoms with E-state index in [-0.39, 0.29) is 36.9 Å². The van der Waals surface area contributed by atoms with Crippen LogP contribution in [0.4, 0.5) is 0 Å². The largest absolute Gasteiger partial charge is 0.490 e. The lowest BCUT2D eigenvalue weighted by molar-refractivity contribution is -0.143. The molecule has 0 saturated carbocycles. The van der Waals surface area contributed by atoms with Crippen LogP contribution in [-0.4, -0.2) is 67.7 Å². The summed E-state index contributed by atoms with van der Waals surface area (Å²) >= 11 is 3.16. The second kappa shape index (κ2) is 15.9. The first-order valence-corrected chi connectivity index (χ1v) is 16.4. The summed E-state index contributed by atoms with van der Waals surface area (Å²) in [5.41, 5.74) is 1.30. The smallest absolute Gasteiger partial charge is 0.343 e. The minimum Gasteiger partial charge on any atom is -0.490 e. The van der Waals surface area contributed by atoms with Gasteiger partial charge >= 0.3 is 17.9 Å². The summed E-state index contributed by atoms with van der Waals surface area (Å²) in [6, 6.07) is 7.42. The van der Waals surface area contributed by atoms with Gasteiger partial charge in [0, 0.05) is 0 Å². The van der Waals surface area contributed by atoms with Gasteiger partial charge in [-0.25, -0.2) is 19.4 Å². The molecule has 1 aliphatic heterocycles.